The average Bonchev–Trinajstić information content (AvgIpc) is 2.94. The van der Waals surface area contributed by atoms with Gasteiger partial charge in [-0.3, -0.25) is 4.79 Å². The Hall–Kier alpha value is -2.44. The fraction of sp³-hybridized carbons (Fsp3) is 0.529. The first-order valence-electron chi connectivity index (χ1n) is 8.34. The molecular formula is C17H23N3O4. The molecule has 3 amide bonds. The number of nitrogens with one attached hydrogen (secondary N) is 2. The van der Waals surface area contributed by atoms with E-state index in [-0.39, 0.29) is 24.0 Å². The van der Waals surface area contributed by atoms with E-state index in [9.17, 15) is 9.59 Å². The van der Waals surface area contributed by atoms with Crippen molar-refractivity contribution in [3.8, 4) is 11.5 Å². The lowest BCUT2D eigenvalue weighted by atomic mass is 10.2. The van der Waals surface area contributed by atoms with E-state index in [4.69, 9.17) is 9.47 Å². The first-order chi connectivity index (χ1) is 11.6. The lowest BCUT2D eigenvalue weighted by Crippen LogP contribution is -2.46. The third-order valence-corrected chi connectivity index (χ3v) is 4.29. The van der Waals surface area contributed by atoms with E-state index in [0.29, 0.717) is 37.7 Å². The smallest absolute Gasteiger partial charge is 0.315 e. The molecule has 2 aliphatic rings. The summed E-state index contributed by atoms with van der Waals surface area (Å²) in [4.78, 5) is 25.9. The van der Waals surface area contributed by atoms with Gasteiger partial charge in [-0.2, -0.15) is 0 Å². The summed E-state index contributed by atoms with van der Waals surface area (Å²) < 4.78 is 11.1. The minimum absolute atomic E-state index is 0.0134. The van der Waals surface area contributed by atoms with Gasteiger partial charge in [-0.1, -0.05) is 6.92 Å². The molecule has 7 nitrogen and oxygen atoms in total. The number of carbonyl (C=O) groups is 2. The van der Waals surface area contributed by atoms with Crippen molar-refractivity contribution in [3.63, 3.8) is 0 Å². The fourth-order valence-corrected chi connectivity index (χ4v) is 2.81. The highest BCUT2D eigenvalue weighted by Gasteiger charge is 2.32. The molecule has 0 bridgehead atoms. The summed E-state index contributed by atoms with van der Waals surface area (Å²) in [6, 6.07) is 5.14. The van der Waals surface area contributed by atoms with Gasteiger partial charge in [0.2, 0.25) is 5.91 Å². The second-order valence-corrected chi connectivity index (χ2v) is 6.16. The minimum Gasteiger partial charge on any atom is -0.486 e. The largest absolute Gasteiger partial charge is 0.486 e. The van der Waals surface area contributed by atoms with Crippen molar-refractivity contribution in [3.05, 3.63) is 18.2 Å². The summed E-state index contributed by atoms with van der Waals surface area (Å²) in [5.41, 5.74) is 0.760. The number of nitrogens with zero attached hydrogens (tertiary/aromatic N) is 1. The molecule has 2 N–H and O–H groups in total. The number of urea groups is 1. The lowest BCUT2D eigenvalue weighted by molar-refractivity contribution is -0.117. The molecule has 2 atom stereocenters. The van der Waals surface area contributed by atoms with Gasteiger partial charge in [-0.15, -0.1) is 0 Å². The van der Waals surface area contributed by atoms with Crippen molar-refractivity contribution < 1.29 is 19.1 Å². The molecule has 1 aromatic rings. The van der Waals surface area contributed by atoms with E-state index >= 15 is 0 Å². The highest BCUT2D eigenvalue weighted by atomic mass is 16.6. The molecule has 0 aromatic heterocycles. The van der Waals surface area contributed by atoms with Crippen LogP contribution in [0.3, 0.4) is 0 Å². The second kappa shape index (κ2) is 6.98. The Labute approximate surface area is 141 Å². The third kappa shape index (κ3) is 3.55. The Kier molecular flexibility index (Phi) is 4.78. The standard InChI is InChI=1S/C17H23N3O4/c1-3-11(2)18-17(22)19-12-8-16(21)20(10-12)13-4-5-14-15(9-13)24-7-6-23-14/h4-5,9,11-12H,3,6-8,10H2,1-2H3,(H2,18,19,22)/t11-,12-/m1/s1. The van der Waals surface area contributed by atoms with Crippen LogP contribution in [-0.4, -0.2) is 43.8 Å². The zero-order valence-electron chi connectivity index (χ0n) is 14.0. The maximum Gasteiger partial charge on any atom is 0.315 e. The summed E-state index contributed by atoms with van der Waals surface area (Å²) in [5, 5.41) is 5.72. The highest BCUT2D eigenvalue weighted by molar-refractivity contribution is 5.97. The summed E-state index contributed by atoms with van der Waals surface area (Å²) in [7, 11) is 0. The van der Waals surface area contributed by atoms with E-state index in [1.54, 1.807) is 4.90 Å². The summed E-state index contributed by atoms with van der Waals surface area (Å²) in [6.45, 7) is 5.44. The van der Waals surface area contributed by atoms with Crippen molar-refractivity contribution in [2.24, 2.45) is 0 Å². The van der Waals surface area contributed by atoms with Crippen LogP contribution in [0.2, 0.25) is 0 Å². The molecule has 1 saturated heterocycles. The number of ether oxygens (including phenoxy) is 2. The zero-order chi connectivity index (χ0) is 17.1. The molecule has 24 heavy (non-hydrogen) atoms. The van der Waals surface area contributed by atoms with Crippen LogP contribution in [0.5, 0.6) is 11.5 Å². The molecule has 0 unspecified atom stereocenters. The zero-order valence-corrected chi connectivity index (χ0v) is 14.0. The Balaban J connectivity index is 1.63. The summed E-state index contributed by atoms with van der Waals surface area (Å²) in [5.74, 6) is 1.33. The molecule has 7 heteroatoms. The van der Waals surface area contributed by atoms with E-state index < -0.39 is 0 Å². The number of rotatable bonds is 4. The van der Waals surface area contributed by atoms with Gasteiger partial charge in [-0.05, 0) is 25.5 Å². The van der Waals surface area contributed by atoms with Crippen LogP contribution in [-0.2, 0) is 4.79 Å². The fourth-order valence-electron chi connectivity index (χ4n) is 2.81. The van der Waals surface area contributed by atoms with Gasteiger partial charge in [-0.25, -0.2) is 4.79 Å². The van der Waals surface area contributed by atoms with E-state index in [2.05, 4.69) is 10.6 Å². The summed E-state index contributed by atoms with van der Waals surface area (Å²) in [6.07, 6.45) is 1.16. The Morgan fingerprint density at radius 3 is 2.83 bits per heavy atom. The van der Waals surface area contributed by atoms with Gasteiger partial charge < -0.3 is 25.0 Å². The topological polar surface area (TPSA) is 79.9 Å². The third-order valence-electron chi connectivity index (χ3n) is 4.29. The number of hydrogen-bond acceptors (Lipinski definition) is 4. The van der Waals surface area contributed by atoms with Crippen molar-refractivity contribution in [1.82, 2.24) is 10.6 Å². The first kappa shape index (κ1) is 16.4. The van der Waals surface area contributed by atoms with Crippen molar-refractivity contribution >= 4 is 17.6 Å². The van der Waals surface area contributed by atoms with Gasteiger partial charge in [0.1, 0.15) is 13.2 Å². The van der Waals surface area contributed by atoms with Crippen LogP contribution in [0.25, 0.3) is 0 Å². The quantitative estimate of drug-likeness (QED) is 0.878. The minimum atomic E-state index is -0.230. The van der Waals surface area contributed by atoms with Gasteiger partial charge in [0.15, 0.2) is 11.5 Å². The van der Waals surface area contributed by atoms with Crippen LogP contribution < -0.4 is 25.0 Å². The van der Waals surface area contributed by atoms with Crippen molar-refractivity contribution in [2.75, 3.05) is 24.7 Å². The maximum absolute atomic E-state index is 12.3. The molecule has 3 rings (SSSR count). The molecule has 1 aromatic carbocycles. The monoisotopic (exact) mass is 333 g/mol. The van der Waals surface area contributed by atoms with Gasteiger partial charge in [0, 0.05) is 30.8 Å². The normalized spacial score (nSPS) is 20.7. The molecule has 0 saturated carbocycles. The van der Waals surface area contributed by atoms with E-state index in [1.165, 1.54) is 0 Å². The number of amides is 3. The highest BCUT2D eigenvalue weighted by Crippen LogP contribution is 2.35. The molecule has 130 valence electrons. The molecule has 2 heterocycles. The van der Waals surface area contributed by atoms with Crippen molar-refractivity contribution in [2.45, 2.75) is 38.8 Å². The maximum atomic E-state index is 12.3. The molecular weight excluding hydrogens is 310 g/mol. The van der Waals surface area contributed by atoms with Crippen LogP contribution in [0, 0.1) is 0 Å². The molecule has 0 radical (unpaired) electrons. The van der Waals surface area contributed by atoms with Crippen LogP contribution in [0.1, 0.15) is 26.7 Å². The Bertz CT molecular complexity index is 634. The number of carbonyl (C=O) groups excluding carboxylic acids is 2. The van der Waals surface area contributed by atoms with E-state index in [1.807, 2.05) is 32.0 Å². The number of benzene rings is 1. The number of fused-ring (bicyclic) bond motifs is 1. The lowest BCUT2D eigenvalue weighted by Gasteiger charge is -2.22. The average molecular weight is 333 g/mol. The van der Waals surface area contributed by atoms with Gasteiger partial charge in [0.05, 0.1) is 6.04 Å². The number of anilines is 1. The molecule has 0 spiro atoms. The predicted molar refractivity (Wildman–Crippen MR) is 89.6 cm³/mol. The van der Waals surface area contributed by atoms with Crippen molar-refractivity contribution in [1.29, 1.82) is 0 Å². The number of hydrogen-bond donors (Lipinski definition) is 2. The second-order valence-electron chi connectivity index (χ2n) is 6.16. The predicted octanol–water partition coefficient (Wildman–Crippen LogP) is 1.66. The van der Waals surface area contributed by atoms with Crippen LogP contribution in [0.15, 0.2) is 18.2 Å². The van der Waals surface area contributed by atoms with Gasteiger partial charge >= 0.3 is 6.03 Å². The van der Waals surface area contributed by atoms with Crippen LogP contribution in [0.4, 0.5) is 10.5 Å². The Morgan fingerprint density at radius 2 is 2.08 bits per heavy atom. The van der Waals surface area contributed by atoms with Crippen LogP contribution >= 0.6 is 0 Å². The molecule has 1 fully saturated rings. The van der Waals surface area contributed by atoms with Gasteiger partial charge in [0.25, 0.3) is 0 Å². The molecule has 2 aliphatic heterocycles. The first-order valence-corrected chi connectivity index (χ1v) is 8.34. The molecule has 0 aliphatic carbocycles. The summed E-state index contributed by atoms with van der Waals surface area (Å²) >= 11 is 0. The SMILES string of the molecule is CC[C@@H](C)NC(=O)N[C@@H]1CC(=O)N(c2ccc3c(c2)OCCO3)C1. The Morgan fingerprint density at radius 1 is 1.33 bits per heavy atom. The van der Waals surface area contributed by atoms with E-state index in [0.717, 1.165) is 12.1 Å².